The van der Waals surface area contributed by atoms with Crippen LogP contribution in [0, 0.1) is 11.8 Å². The number of hydrogen-bond acceptors (Lipinski definition) is 6. The summed E-state index contributed by atoms with van der Waals surface area (Å²) >= 11 is 0. The molecule has 214 valence electrons. The van der Waals surface area contributed by atoms with E-state index in [0.717, 1.165) is 13.1 Å². The fourth-order valence-electron chi connectivity index (χ4n) is 5.72. The molecule has 2 aromatic rings. The maximum absolute atomic E-state index is 13.4. The molecule has 0 bridgehead atoms. The number of ether oxygens (including phenoxy) is 1. The Balaban J connectivity index is 1.60. The van der Waals surface area contributed by atoms with Gasteiger partial charge in [0.2, 0.25) is 5.91 Å². The first-order valence-corrected chi connectivity index (χ1v) is 15.6. The SMILES string of the molecule is C[C@@H]1CN([C@@H](C)CO)C(=O)Cc2cc(NS(=O)(=O)c3ccccc3)ccc2O[C@@H]1CN(C)CC1CCCCC1. The van der Waals surface area contributed by atoms with Gasteiger partial charge in [-0.2, -0.15) is 0 Å². The van der Waals surface area contributed by atoms with Crippen molar-refractivity contribution in [1.29, 1.82) is 0 Å². The Labute approximate surface area is 233 Å². The highest BCUT2D eigenvalue weighted by atomic mass is 32.2. The van der Waals surface area contributed by atoms with Crippen molar-refractivity contribution in [2.45, 2.75) is 69.4 Å². The van der Waals surface area contributed by atoms with Crippen LogP contribution in [0.3, 0.4) is 0 Å². The number of fused-ring (bicyclic) bond motifs is 1. The number of amides is 1. The van der Waals surface area contributed by atoms with Gasteiger partial charge in [-0.05, 0) is 63.1 Å². The molecule has 8 nitrogen and oxygen atoms in total. The maximum atomic E-state index is 13.4. The molecular weight excluding hydrogens is 514 g/mol. The molecule has 0 saturated heterocycles. The molecule has 1 fully saturated rings. The molecule has 39 heavy (non-hydrogen) atoms. The van der Waals surface area contributed by atoms with Gasteiger partial charge in [0.15, 0.2) is 0 Å². The zero-order chi connectivity index (χ0) is 28.0. The molecule has 1 heterocycles. The van der Waals surface area contributed by atoms with Crippen LogP contribution in [0.1, 0.15) is 51.5 Å². The number of likely N-dealkylation sites (N-methyl/N-ethyl adjacent to an activating group) is 1. The van der Waals surface area contributed by atoms with E-state index in [4.69, 9.17) is 4.74 Å². The van der Waals surface area contributed by atoms with E-state index in [1.54, 1.807) is 41.3 Å². The van der Waals surface area contributed by atoms with Crippen molar-refractivity contribution in [3.05, 3.63) is 54.1 Å². The molecule has 9 heteroatoms. The number of carbonyl (C=O) groups is 1. The zero-order valence-electron chi connectivity index (χ0n) is 23.4. The van der Waals surface area contributed by atoms with Crippen LogP contribution < -0.4 is 9.46 Å². The second kappa shape index (κ2) is 13.2. The summed E-state index contributed by atoms with van der Waals surface area (Å²) in [5, 5.41) is 9.88. The summed E-state index contributed by atoms with van der Waals surface area (Å²) in [7, 11) is -1.64. The number of aliphatic hydroxyl groups excluding tert-OH is 1. The van der Waals surface area contributed by atoms with Crippen molar-refractivity contribution >= 4 is 21.6 Å². The average molecular weight is 558 g/mol. The van der Waals surface area contributed by atoms with Gasteiger partial charge >= 0.3 is 0 Å². The third kappa shape index (κ3) is 7.74. The summed E-state index contributed by atoms with van der Waals surface area (Å²) in [6.07, 6.45) is 6.35. The molecule has 1 saturated carbocycles. The summed E-state index contributed by atoms with van der Waals surface area (Å²) in [5.74, 6) is 1.20. The number of anilines is 1. The summed E-state index contributed by atoms with van der Waals surface area (Å²) in [6.45, 7) is 6.03. The van der Waals surface area contributed by atoms with Crippen molar-refractivity contribution in [2.24, 2.45) is 11.8 Å². The number of sulfonamides is 1. The van der Waals surface area contributed by atoms with Crippen molar-refractivity contribution in [1.82, 2.24) is 9.80 Å². The smallest absolute Gasteiger partial charge is 0.261 e. The molecule has 0 radical (unpaired) electrons. The monoisotopic (exact) mass is 557 g/mol. The lowest BCUT2D eigenvalue weighted by Crippen LogP contribution is -2.48. The summed E-state index contributed by atoms with van der Waals surface area (Å²) in [4.78, 5) is 17.7. The Kier molecular flexibility index (Phi) is 9.91. The normalized spacial score (nSPS) is 21.9. The van der Waals surface area contributed by atoms with E-state index in [-0.39, 0.29) is 41.9 Å². The molecule has 1 aliphatic heterocycles. The highest BCUT2D eigenvalue weighted by Crippen LogP contribution is 2.31. The van der Waals surface area contributed by atoms with Gasteiger partial charge in [0.25, 0.3) is 10.0 Å². The largest absolute Gasteiger partial charge is 0.488 e. The van der Waals surface area contributed by atoms with Gasteiger partial charge in [0.1, 0.15) is 11.9 Å². The molecule has 1 amide bonds. The summed E-state index contributed by atoms with van der Waals surface area (Å²) < 4.78 is 35.1. The number of carbonyl (C=O) groups excluding carboxylic acids is 1. The van der Waals surface area contributed by atoms with Crippen molar-refractivity contribution in [3.8, 4) is 5.75 Å². The van der Waals surface area contributed by atoms with Crippen molar-refractivity contribution in [2.75, 3.05) is 38.0 Å². The Bertz CT molecular complexity index is 1200. The van der Waals surface area contributed by atoms with Gasteiger partial charge in [-0.25, -0.2) is 8.42 Å². The molecule has 0 spiro atoms. The highest BCUT2D eigenvalue weighted by molar-refractivity contribution is 7.92. The van der Waals surface area contributed by atoms with Gasteiger partial charge in [-0.15, -0.1) is 0 Å². The van der Waals surface area contributed by atoms with Crippen molar-refractivity contribution in [3.63, 3.8) is 0 Å². The molecule has 2 N–H and O–H groups in total. The molecule has 0 unspecified atom stereocenters. The van der Waals surface area contributed by atoms with Crippen LogP contribution in [0.25, 0.3) is 0 Å². The van der Waals surface area contributed by atoms with Crippen LogP contribution in [0.5, 0.6) is 5.75 Å². The Hall–Kier alpha value is -2.62. The lowest BCUT2D eigenvalue weighted by atomic mass is 9.89. The first kappa shape index (κ1) is 29.4. The van der Waals surface area contributed by atoms with Gasteiger partial charge < -0.3 is 19.6 Å². The first-order valence-electron chi connectivity index (χ1n) is 14.1. The van der Waals surface area contributed by atoms with Gasteiger partial charge in [0, 0.05) is 36.8 Å². The minimum absolute atomic E-state index is 0.0268. The van der Waals surface area contributed by atoms with E-state index in [9.17, 15) is 18.3 Å². The second-order valence-corrected chi connectivity index (χ2v) is 13.0. The average Bonchev–Trinajstić information content (AvgIpc) is 2.96. The highest BCUT2D eigenvalue weighted by Gasteiger charge is 2.31. The molecule has 1 aliphatic carbocycles. The molecule has 4 rings (SSSR count). The third-order valence-electron chi connectivity index (χ3n) is 8.01. The quantitative estimate of drug-likeness (QED) is 0.481. The van der Waals surface area contributed by atoms with E-state index >= 15 is 0 Å². The molecule has 2 aromatic carbocycles. The van der Waals surface area contributed by atoms with Crippen LogP contribution in [0.4, 0.5) is 5.69 Å². The van der Waals surface area contributed by atoms with E-state index < -0.39 is 10.0 Å². The minimum Gasteiger partial charge on any atom is -0.488 e. The second-order valence-electron chi connectivity index (χ2n) is 11.4. The fourth-order valence-corrected chi connectivity index (χ4v) is 6.79. The minimum atomic E-state index is -3.78. The summed E-state index contributed by atoms with van der Waals surface area (Å²) in [6, 6.07) is 13.0. The summed E-state index contributed by atoms with van der Waals surface area (Å²) in [5.41, 5.74) is 0.992. The number of nitrogens with zero attached hydrogens (tertiary/aromatic N) is 2. The predicted octanol–water partition coefficient (Wildman–Crippen LogP) is 4.15. The van der Waals surface area contributed by atoms with E-state index in [1.807, 2.05) is 6.92 Å². The Morgan fingerprint density at radius 1 is 1.10 bits per heavy atom. The Morgan fingerprint density at radius 2 is 1.82 bits per heavy atom. The molecular formula is C30H43N3O5S. The number of hydrogen-bond donors (Lipinski definition) is 2. The van der Waals surface area contributed by atoms with Crippen LogP contribution in [-0.4, -0.2) is 74.7 Å². The number of aliphatic hydroxyl groups is 1. The number of nitrogens with one attached hydrogen (secondary N) is 1. The molecule has 2 aliphatic rings. The van der Waals surface area contributed by atoms with Gasteiger partial charge in [-0.3, -0.25) is 9.52 Å². The topological polar surface area (TPSA) is 99.2 Å². The lowest BCUT2D eigenvalue weighted by Gasteiger charge is -2.35. The van der Waals surface area contributed by atoms with Gasteiger partial charge in [0.05, 0.1) is 24.0 Å². The van der Waals surface area contributed by atoms with Crippen LogP contribution in [0.2, 0.25) is 0 Å². The van der Waals surface area contributed by atoms with Gasteiger partial charge in [-0.1, -0.05) is 44.4 Å². The maximum Gasteiger partial charge on any atom is 0.261 e. The molecule has 0 aromatic heterocycles. The third-order valence-corrected chi connectivity index (χ3v) is 9.41. The van der Waals surface area contributed by atoms with E-state index in [2.05, 4.69) is 23.6 Å². The predicted molar refractivity (Wildman–Crippen MR) is 153 cm³/mol. The van der Waals surface area contributed by atoms with E-state index in [1.165, 1.54) is 44.2 Å². The standard InChI is InChI=1S/C30H43N3O5S/c1-22-18-33(23(2)21-34)30(35)17-25-16-26(31-39(36,37)27-12-8-5-9-13-27)14-15-28(25)38-29(22)20-32(3)19-24-10-6-4-7-11-24/h5,8-9,12-16,22-24,29,31,34H,4,6-7,10-11,17-21H2,1-3H3/t22-,23+,29-/m1/s1. The number of rotatable bonds is 9. The van der Waals surface area contributed by atoms with Crippen LogP contribution in [-0.2, 0) is 21.2 Å². The fraction of sp³-hybridized carbons (Fsp3) is 0.567. The van der Waals surface area contributed by atoms with E-state index in [0.29, 0.717) is 29.5 Å². The zero-order valence-corrected chi connectivity index (χ0v) is 24.2. The van der Waals surface area contributed by atoms with Crippen LogP contribution >= 0.6 is 0 Å². The van der Waals surface area contributed by atoms with Crippen molar-refractivity contribution < 1.29 is 23.1 Å². The van der Waals surface area contributed by atoms with Crippen LogP contribution in [0.15, 0.2) is 53.4 Å². The first-order chi connectivity index (χ1) is 18.7. The Morgan fingerprint density at radius 3 is 2.51 bits per heavy atom. The molecule has 3 atom stereocenters. The number of benzene rings is 2. The lowest BCUT2D eigenvalue weighted by molar-refractivity contribution is -0.134.